The summed E-state index contributed by atoms with van der Waals surface area (Å²) < 4.78 is 25.2. The molecule has 0 bridgehead atoms. The summed E-state index contributed by atoms with van der Waals surface area (Å²) in [6.07, 6.45) is 2.67. The predicted molar refractivity (Wildman–Crippen MR) is 82.5 cm³/mol. The Labute approximate surface area is 125 Å². The number of amides is 1. The Hall–Kier alpha value is -1.60. The van der Waals surface area contributed by atoms with E-state index in [0.29, 0.717) is 24.3 Å². The van der Waals surface area contributed by atoms with Gasteiger partial charge in [-0.25, -0.2) is 13.1 Å². The summed E-state index contributed by atoms with van der Waals surface area (Å²) in [4.78, 5) is 14.3. The zero-order chi connectivity index (χ0) is 15.6. The second-order valence-corrected chi connectivity index (χ2v) is 7.33. The average molecular weight is 311 g/mol. The molecular formula is C14H21N3O3S. The smallest absolute Gasteiger partial charge is 0.254 e. The van der Waals surface area contributed by atoms with Crippen molar-refractivity contribution >= 4 is 21.6 Å². The fourth-order valence-corrected chi connectivity index (χ4v) is 3.46. The van der Waals surface area contributed by atoms with E-state index in [2.05, 4.69) is 4.72 Å². The third kappa shape index (κ3) is 4.18. The van der Waals surface area contributed by atoms with E-state index in [-0.39, 0.29) is 11.9 Å². The highest BCUT2D eigenvalue weighted by atomic mass is 32.2. The molecule has 1 amide bonds. The summed E-state index contributed by atoms with van der Waals surface area (Å²) in [6, 6.07) is 4.98. The quantitative estimate of drug-likeness (QED) is 0.805. The molecule has 2 rings (SSSR count). The van der Waals surface area contributed by atoms with E-state index in [1.54, 1.807) is 23.1 Å². The van der Waals surface area contributed by atoms with Crippen LogP contribution in [0.1, 0.15) is 28.8 Å². The number of aryl methyl sites for hydroxylation is 1. The molecule has 1 aromatic carbocycles. The number of rotatable bonds is 3. The highest BCUT2D eigenvalue weighted by Crippen LogP contribution is 2.18. The highest BCUT2D eigenvalue weighted by molar-refractivity contribution is 7.88. The number of nitrogens with one attached hydrogen (secondary N) is 1. The Morgan fingerprint density at radius 1 is 1.43 bits per heavy atom. The third-order valence-electron chi connectivity index (χ3n) is 3.57. The summed E-state index contributed by atoms with van der Waals surface area (Å²) in [5, 5.41) is 0. The van der Waals surface area contributed by atoms with Gasteiger partial charge in [0, 0.05) is 30.4 Å². The number of nitrogen functional groups attached to an aromatic ring is 1. The second-order valence-electron chi connectivity index (χ2n) is 5.55. The van der Waals surface area contributed by atoms with Crippen LogP contribution in [0.3, 0.4) is 0 Å². The highest BCUT2D eigenvalue weighted by Gasteiger charge is 2.26. The number of nitrogens with two attached hydrogens (primary N) is 1. The van der Waals surface area contributed by atoms with Crippen LogP contribution < -0.4 is 10.5 Å². The molecule has 1 heterocycles. The van der Waals surface area contributed by atoms with E-state index in [0.717, 1.165) is 24.7 Å². The molecule has 1 aliphatic rings. The van der Waals surface area contributed by atoms with E-state index >= 15 is 0 Å². The predicted octanol–water partition coefficient (Wildman–Crippen LogP) is 0.731. The van der Waals surface area contributed by atoms with Gasteiger partial charge in [-0.1, -0.05) is 0 Å². The van der Waals surface area contributed by atoms with E-state index in [9.17, 15) is 13.2 Å². The van der Waals surface area contributed by atoms with Crippen molar-refractivity contribution in [3.63, 3.8) is 0 Å². The van der Waals surface area contributed by atoms with Gasteiger partial charge in [-0.2, -0.15) is 0 Å². The monoisotopic (exact) mass is 311 g/mol. The first-order valence-corrected chi connectivity index (χ1v) is 8.78. The maximum Gasteiger partial charge on any atom is 0.254 e. The summed E-state index contributed by atoms with van der Waals surface area (Å²) in [5.74, 6) is -0.0764. The molecule has 0 radical (unpaired) electrons. The summed E-state index contributed by atoms with van der Waals surface area (Å²) in [7, 11) is -3.26. The first kappa shape index (κ1) is 15.8. The minimum Gasteiger partial charge on any atom is -0.399 e. The molecule has 0 aliphatic carbocycles. The molecule has 1 aliphatic heterocycles. The number of benzene rings is 1. The van der Waals surface area contributed by atoms with Gasteiger partial charge < -0.3 is 10.6 Å². The van der Waals surface area contributed by atoms with E-state index < -0.39 is 10.0 Å². The molecule has 1 unspecified atom stereocenters. The average Bonchev–Trinajstić information content (AvgIpc) is 2.36. The molecular weight excluding hydrogens is 290 g/mol. The van der Waals surface area contributed by atoms with Crippen molar-refractivity contribution in [2.75, 3.05) is 25.1 Å². The number of anilines is 1. The van der Waals surface area contributed by atoms with Crippen molar-refractivity contribution in [1.82, 2.24) is 9.62 Å². The number of nitrogens with zero attached hydrogens (tertiary/aromatic N) is 1. The van der Waals surface area contributed by atoms with Crippen LogP contribution in [0.5, 0.6) is 0 Å². The van der Waals surface area contributed by atoms with Crippen LogP contribution in [0.25, 0.3) is 0 Å². The maximum atomic E-state index is 12.6. The molecule has 116 valence electrons. The zero-order valence-electron chi connectivity index (χ0n) is 12.3. The molecule has 0 spiro atoms. The van der Waals surface area contributed by atoms with Crippen LogP contribution in [-0.2, 0) is 10.0 Å². The number of carbonyl (C=O) groups is 1. The standard InChI is InChI=1S/C14H21N3O3S/c1-10-8-11(15)5-6-13(10)14(18)17-7-3-4-12(9-17)16-21(2,19)20/h5-6,8,12,16H,3-4,7,9,15H2,1-2H3. The molecule has 1 atom stereocenters. The van der Waals surface area contributed by atoms with Gasteiger partial charge in [0.05, 0.1) is 6.26 Å². The Balaban J connectivity index is 2.12. The molecule has 0 aromatic heterocycles. The summed E-state index contributed by atoms with van der Waals surface area (Å²) >= 11 is 0. The summed E-state index contributed by atoms with van der Waals surface area (Å²) in [6.45, 7) is 2.89. The van der Waals surface area contributed by atoms with Crippen LogP contribution in [0.2, 0.25) is 0 Å². The van der Waals surface area contributed by atoms with Crippen molar-refractivity contribution in [3.05, 3.63) is 29.3 Å². The Kier molecular flexibility index (Phi) is 4.53. The maximum absolute atomic E-state index is 12.6. The summed E-state index contributed by atoms with van der Waals surface area (Å²) in [5.41, 5.74) is 7.77. The number of piperidine rings is 1. The van der Waals surface area contributed by atoms with Crippen molar-refractivity contribution in [1.29, 1.82) is 0 Å². The number of hydrogen-bond acceptors (Lipinski definition) is 4. The van der Waals surface area contributed by atoms with Crippen LogP contribution in [0, 0.1) is 6.92 Å². The van der Waals surface area contributed by atoms with Gasteiger partial charge in [0.15, 0.2) is 0 Å². The Bertz CT molecular complexity index is 643. The topological polar surface area (TPSA) is 92.5 Å². The van der Waals surface area contributed by atoms with Crippen LogP contribution in [-0.4, -0.2) is 44.6 Å². The largest absolute Gasteiger partial charge is 0.399 e. The van der Waals surface area contributed by atoms with Crippen molar-refractivity contribution in [2.45, 2.75) is 25.8 Å². The van der Waals surface area contributed by atoms with Crippen molar-refractivity contribution in [2.24, 2.45) is 0 Å². The van der Waals surface area contributed by atoms with Gasteiger partial charge >= 0.3 is 0 Å². The number of hydrogen-bond donors (Lipinski definition) is 2. The molecule has 21 heavy (non-hydrogen) atoms. The Morgan fingerprint density at radius 3 is 2.76 bits per heavy atom. The number of carbonyl (C=O) groups excluding carboxylic acids is 1. The van der Waals surface area contributed by atoms with Crippen LogP contribution in [0.4, 0.5) is 5.69 Å². The number of likely N-dealkylation sites (tertiary alicyclic amines) is 1. The second kappa shape index (κ2) is 6.03. The molecule has 1 aromatic rings. The van der Waals surface area contributed by atoms with Gasteiger partial charge in [-0.15, -0.1) is 0 Å². The van der Waals surface area contributed by atoms with Gasteiger partial charge in [-0.05, 0) is 43.5 Å². The first-order chi connectivity index (χ1) is 9.76. The van der Waals surface area contributed by atoms with Gasteiger partial charge in [0.25, 0.3) is 5.91 Å². The molecule has 0 saturated carbocycles. The zero-order valence-corrected chi connectivity index (χ0v) is 13.1. The van der Waals surface area contributed by atoms with Gasteiger partial charge in [0.1, 0.15) is 0 Å². The molecule has 7 heteroatoms. The lowest BCUT2D eigenvalue weighted by Crippen LogP contribution is -2.49. The van der Waals surface area contributed by atoms with Crippen LogP contribution >= 0.6 is 0 Å². The fourth-order valence-electron chi connectivity index (χ4n) is 2.66. The van der Waals surface area contributed by atoms with E-state index in [1.165, 1.54) is 0 Å². The lowest BCUT2D eigenvalue weighted by Gasteiger charge is -2.33. The normalized spacial score (nSPS) is 19.5. The van der Waals surface area contributed by atoms with E-state index in [4.69, 9.17) is 5.73 Å². The van der Waals surface area contributed by atoms with Gasteiger partial charge in [0.2, 0.25) is 10.0 Å². The van der Waals surface area contributed by atoms with Crippen molar-refractivity contribution < 1.29 is 13.2 Å². The minimum absolute atomic E-state index is 0.0764. The van der Waals surface area contributed by atoms with Crippen molar-refractivity contribution in [3.8, 4) is 0 Å². The number of sulfonamides is 1. The molecule has 1 saturated heterocycles. The lowest BCUT2D eigenvalue weighted by molar-refractivity contribution is 0.0702. The van der Waals surface area contributed by atoms with Gasteiger partial charge in [-0.3, -0.25) is 4.79 Å². The molecule has 1 fully saturated rings. The first-order valence-electron chi connectivity index (χ1n) is 6.89. The SMILES string of the molecule is Cc1cc(N)ccc1C(=O)N1CCCC(NS(C)(=O)=O)C1. The lowest BCUT2D eigenvalue weighted by atomic mass is 10.0. The Morgan fingerprint density at radius 2 is 2.14 bits per heavy atom. The third-order valence-corrected chi connectivity index (χ3v) is 4.33. The van der Waals surface area contributed by atoms with Crippen LogP contribution in [0.15, 0.2) is 18.2 Å². The molecule has 3 N–H and O–H groups in total. The minimum atomic E-state index is -3.26. The van der Waals surface area contributed by atoms with E-state index in [1.807, 2.05) is 6.92 Å². The molecule has 6 nitrogen and oxygen atoms in total. The fraction of sp³-hybridized carbons (Fsp3) is 0.500.